The van der Waals surface area contributed by atoms with E-state index in [1.54, 1.807) is 24.3 Å². The number of nitrogens with zero attached hydrogens (tertiary/aromatic N) is 2. The molecule has 0 radical (unpaired) electrons. The molecule has 3 aromatic heterocycles. The number of carbonyl (C=O) groups excluding carboxylic acids is 1. The number of furan rings is 1. The maximum atomic E-state index is 12.2. The quantitative estimate of drug-likeness (QED) is 0.263. The highest BCUT2D eigenvalue weighted by molar-refractivity contribution is 5.88. The van der Waals surface area contributed by atoms with Crippen LogP contribution in [0.4, 0.5) is 5.82 Å². The molecule has 0 bridgehead atoms. The average molecular weight is 446 g/mol. The minimum atomic E-state index is -0.526. The van der Waals surface area contributed by atoms with Gasteiger partial charge in [0.25, 0.3) is 0 Å². The fourth-order valence-electron chi connectivity index (χ4n) is 4.39. The first kappa shape index (κ1) is 22.6. The summed E-state index contributed by atoms with van der Waals surface area (Å²) < 4.78 is 12.6. The lowest BCUT2D eigenvalue weighted by atomic mass is 9.82. The van der Waals surface area contributed by atoms with E-state index in [2.05, 4.69) is 69.6 Å². The molecule has 0 aliphatic heterocycles. The molecule has 0 spiro atoms. The highest BCUT2D eigenvalue weighted by atomic mass is 16.5. The SMILES string of the molecule is Cc1ccn2c(NC(C)(C)CC(C)(C)C)c(-c3ccc(OC(=O)c4ccco4)cc3)nc2c1. The number of hydrogen-bond acceptors (Lipinski definition) is 5. The molecule has 0 saturated carbocycles. The zero-order valence-electron chi connectivity index (χ0n) is 20.1. The van der Waals surface area contributed by atoms with E-state index in [9.17, 15) is 4.79 Å². The van der Waals surface area contributed by atoms with Crippen molar-refractivity contribution in [3.8, 4) is 17.0 Å². The van der Waals surface area contributed by atoms with Crippen LogP contribution in [0.2, 0.25) is 0 Å². The lowest BCUT2D eigenvalue weighted by Crippen LogP contribution is -2.36. The summed E-state index contributed by atoms with van der Waals surface area (Å²) >= 11 is 0. The standard InChI is InChI=1S/C27H31N3O3/c1-18-13-14-30-22(16-18)28-23(24(30)29-27(5,6)17-26(2,3)4)19-9-11-20(12-10-19)33-25(31)21-8-7-15-32-21/h7-16,29H,17H2,1-6H3. The Kier molecular flexibility index (Phi) is 5.78. The molecule has 0 amide bonds. The van der Waals surface area contributed by atoms with Crippen molar-refractivity contribution in [2.45, 2.75) is 53.5 Å². The summed E-state index contributed by atoms with van der Waals surface area (Å²) in [5.74, 6) is 1.03. The molecule has 1 aromatic carbocycles. The molecule has 1 N–H and O–H groups in total. The third-order valence-corrected chi connectivity index (χ3v) is 5.27. The Hall–Kier alpha value is -3.54. The average Bonchev–Trinajstić information content (AvgIpc) is 3.35. The Morgan fingerprint density at radius 1 is 1.09 bits per heavy atom. The first-order valence-corrected chi connectivity index (χ1v) is 11.1. The predicted octanol–water partition coefficient (Wildman–Crippen LogP) is 6.75. The van der Waals surface area contributed by atoms with Crippen molar-refractivity contribution in [2.24, 2.45) is 5.41 Å². The van der Waals surface area contributed by atoms with E-state index in [-0.39, 0.29) is 16.7 Å². The number of rotatable bonds is 6. The van der Waals surface area contributed by atoms with Gasteiger partial charge in [0.05, 0.1) is 6.26 Å². The van der Waals surface area contributed by atoms with Crippen LogP contribution in [-0.2, 0) is 0 Å². The fourth-order valence-corrected chi connectivity index (χ4v) is 4.39. The highest BCUT2D eigenvalue weighted by Gasteiger charge is 2.28. The fraction of sp³-hybridized carbons (Fsp3) is 0.333. The molecular formula is C27H31N3O3. The summed E-state index contributed by atoms with van der Waals surface area (Å²) in [5, 5.41) is 3.75. The molecule has 6 heteroatoms. The minimum Gasteiger partial charge on any atom is -0.457 e. The summed E-state index contributed by atoms with van der Waals surface area (Å²) in [5.41, 5.74) is 3.85. The number of anilines is 1. The monoisotopic (exact) mass is 445 g/mol. The highest BCUT2D eigenvalue weighted by Crippen LogP contribution is 2.35. The Morgan fingerprint density at radius 3 is 2.45 bits per heavy atom. The molecule has 172 valence electrons. The summed E-state index contributed by atoms with van der Waals surface area (Å²) in [7, 11) is 0. The second-order valence-electron chi connectivity index (χ2n) is 10.4. The van der Waals surface area contributed by atoms with Crippen LogP contribution in [0.25, 0.3) is 16.9 Å². The van der Waals surface area contributed by atoms with E-state index in [0.29, 0.717) is 5.75 Å². The van der Waals surface area contributed by atoms with Crippen molar-refractivity contribution >= 4 is 17.4 Å². The smallest absolute Gasteiger partial charge is 0.379 e. The van der Waals surface area contributed by atoms with Gasteiger partial charge in [0.2, 0.25) is 5.76 Å². The van der Waals surface area contributed by atoms with Gasteiger partial charge in [0, 0.05) is 17.3 Å². The maximum absolute atomic E-state index is 12.2. The normalized spacial score (nSPS) is 12.2. The third kappa shape index (κ3) is 5.28. The number of aryl methyl sites for hydroxylation is 1. The molecule has 6 nitrogen and oxygen atoms in total. The Balaban J connectivity index is 1.68. The minimum absolute atomic E-state index is 0.146. The van der Waals surface area contributed by atoms with Crippen LogP contribution in [0.3, 0.4) is 0 Å². The van der Waals surface area contributed by atoms with Crippen LogP contribution in [0.1, 0.15) is 57.2 Å². The van der Waals surface area contributed by atoms with Gasteiger partial charge >= 0.3 is 5.97 Å². The van der Waals surface area contributed by atoms with Gasteiger partial charge in [-0.2, -0.15) is 0 Å². The predicted molar refractivity (Wildman–Crippen MR) is 131 cm³/mol. The van der Waals surface area contributed by atoms with Crippen molar-refractivity contribution in [1.82, 2.24) is 9.38 Å². The van der Waals surface area contributed by atoms with Crippen LogP contribution in [0.5, 0.6) is 5.75 Å². The van der Waals surface area contributed by atoms with Crippen molar-refractivity contribution in [3.63, 3.8) is 0 Å². The van der Waals surface area contributed by atoms with Gasteiger partial charge in [-0.1, -0.05) is 20.8 Å². The van der Waals surface area contributed by atoms with Crippen molar-refractivity contribution in [1.29, 1.82) is 0 Å². The zero-order valence-corrected chi connectivity index (χ0v) is 20.1. The van der Waals surface area contributed by atoms with Gasteiger partial charge in [0.1, 0.15) is 22.9 Å². The molecule has 0 aliphatic carbocycles. The molecule has 4 rings (SSSR count). The Labute approximate surface area is 194 Å². The van der Waals surface area contributed by atoms with E-state index in [1.165, 1.54) is 6.26 Å². The van der Waals surface area contributed by atoms with Gasteiger partial charge in [-0.25, -0.2) is 9.78 Å². The molecule has 0 fully saturated rings. The van der Waals surface area contributed by atoms with E-state index >= 15 is 0 Å². The van der Waals surface area contributed by atoms with E-state index in [0.717, 1.165) is 34.7 Å². The number of ether oxygens (including phenoxy) is 1. The second-order valence-corrected chi connectivity index (χ2v) is 10.4. The van der Waals surface area contributed by atoms with Crippen molar-refractivity contribution in [2.75, 3.05) is 5.32 Å². The van der Waals surface area contributed by atoms with Crippen LogP contribution >= 0.6 is 0 Å². The van der Waals surface area contributed by atoms with Crippen LogP contribution in [-0.4, -0.2) is 20.9 Å². The molecular weight excluding hydrogens is 414 g/mol. The summed E-state index contributed by atoms with van der Waals surface area (Å²) in [4.78, 5) is 17.1. The van der Waals surface area contributed by atoms with Crippen molar-refractivity contribution in [3.05, 3.63) is 72.3 Å². The summed E-state index contributed by atoms with van der Waals surface area (Å²) in [6, 6.07) is 14.8. The van der Waals surface area contributed by atoms with Crippen LogP contribution < -0.4 is 10.1 Å². The van der Waals surface area contributed by atoms with Crippen LogP contribution in [0, 0.1) is 12.3 Å². The number of esters is 1. The second kappa shape index (κ2) is 8.43. The zero-order chi connectivity index (χ0) is 23.8. The largest absolute Gasteiger partial charge is 0.457 e. The van der Waals surface area contributed by atoms with Gasteiger partial charge in [-0.05, 0) is 86.7 Å². The first-order valence-electron chi connectivity index (χ1n) is 11.1. The molecule has 0 saturated heterocycles. The van der Waals surface area contributed by atoms with Gasteiger partial charge in [-0.15, -0.1) is 0 Å². The lowest BCUT2D eigenvalue weighted by molar-refractivity contribution is 0.0701. The Morgan fingerprint density at radius 2 is 1.82 bits per heavy atom. The number of nitrogens with one attached hydrogen (secondary N) is 1. The molecule has 4 aromatic rings. The number of pyridine rings is 1. The van der Waals surface area contributed by atoms with E-state index in [1.807, 2.05) is 12.1 Å². The van der Waals surface area contributed by atoms with Crippen LogP contribution in [0.15, 0.2) is 65.4 Å². The van der Waals surface area contributed by atoms with E-state index in [4.69, 9.17) is 14.1 Å². The number of aromatic nitrogens is 2. The number of imidazole rings is 1. The van der Waals surface area contributed by atoms with Gasteiger partial charge in [0.15, 0.2) is 0 Å². The molecule has 3 heterocycles. The first-order chi connectivity index (χ1) is 15.5. The summed E-state index contributed by atoms with van der Waals surface area (Å²) in [6.45, 7) is 13.2. The molecule has 0 atom stereocenters. The molecule has 0 unspecified atom stereocenters. The molecule has 33 heavy (non-hydrogen) atoms. The number of benzene rings is 1. The van der Waals surface area contributed by atoms with Crippen molar-refractivity contribution < 1.29 is 13.9 Å². The maximum Gasteiger partial charge on any atom is 0.379 e. The lowest BCUT2D eigenvalue weighted by Gasteiger charge is -2.34. The number of fused-ring (bicyclic) bond motifs is 1. The van der Waals surface area contributed by atoms with Gasteiger partial charge in [-0.3, -0.25) is 4.40 Å². The third-order valence-electron chi connectivity index (χ3n) is 5.27. The number of hydrogen-bond donors (Lipinski definition) is 1. The Bertz CT molecular complexity index is 1260. The molecule has 0 aliphatic rings. The topological polar surface area (TPSA) is 68.8 Å². The number of carbonyl (C=O) groups is 1. The van der Waals surface area contributed by atoms with Gasteiger partial charge < -0.3 is 14.5 Å². The summed E-state index contributed by atoms with van der Waals surface area (Å²) in [6.07, 6.45) is 4.48. The van der Waals surface area contributed by atoms with E-state index < -0.39 is 5.97 Å².